The number of halogens is 4. The fourth-order valence-corrected chi connectivity index (χ4v) is 1.74. The molecule has 0 aliphatic rings. The van der Waals surface area contributed by atoms with Crippen molar-refractivity contribution >= 4 is 33.4 Å². The zero-order valence-corrected chi connectivity index (χ0v) is 11.9. The Bertz CT molecular complexity index is 599. The molecule has 0 aliphatic heterocycles. The first-order valence-electron chi connectivity index (χ1n) is 5.54. The maximum atomic E-state index is 12.5. The lowest BCUT2D eigenvalue weighted by molar-refractivity contribution is -0.137. The Morgan fingerprint density at radius 3 is 2.35 bits per heavy atom. The summed E-state index contributed by atoms with van der Waals surface area (Å²) in [7, 11) is 1.67. The number of hydrogen-bond acceptors (Lipinski definition) is 4. The van der Waals surface area contributed by atoms with Crippen molar-refractivity contribution < 1.29 is 13.2 Å². The molecule has 0 saturated carbocycles. The average Bonchev–Trinajstić information content (AvgIpc) is 2.41. The fraction of sp³-hybridized carbons (Fsp3) is 0.167. The van der Waals surface area contributed by atoms with Crippen molar-refractivity contribution in [2.75, 3.05) is 17.7 Å². The summed E-state index contributed by atoms with van der Waals surface area (Å²) in [5.41, 5.74) is -0.194. The summed E-state index contributed by atoms with van der Waals surface area (Å²) >= 11 is 3.27. The highest BCUT2D eigenvalue weighted by Gasteiger charge is 2.29. The Balaban J connectivity index is 2.22. The van der Waals surface area contributed by atoms with E-state index in [9.17, 15) is 13.2 Å². The molecule has 20 heavy (non-hydrogen) atoms. The summed E-state index contributed by atoms with van der Waals surface area (Å²) < 4.78 is 38.0. The number of hydrogen-bond donors (Lipinski definition) is 2. The van der Waals surface area contributed by atoms with Crippen LogP contribution in [-0.2, 0) is 6.18 Å². The van der Waals surface area contributed by atoms with Gasteiger partial charge in [0.15, 0.2) is 0 Å². The van der Waals surface area contributed by atoms with Crippen LogP contribution in [0.4, 0.5) is 30.6 Å². The van der Waals surface area contributed by atoms with Crippen molar-refractivity contribution in [2.24, 2.45) is 0 Å². The number of rotatable bonds is 3. The summed E-state index contributed by atoms with van der Waals surface area (Å²) in [6.07, 6.45) is -2.79. The first-order valence-corrected chi connectivity index (χ1v) is 6.34. The molecule has 0 atom stereocenters. The number of benzene rings is 1. The molecule has 2 N–H and O–H groups in total. The van der Waals surface area contributed by atoms with E-state index in [2.05, 4.69) is 36.5 Å². The van der Waals surface area contributed by atoms with Gasteiger partial charge in [-0.15, -0.1) is 0 Å². The van der Waals surface area contributed by atoms with Crippen molar-refractivity contribution in [3.63, 3.8) is 0 Å². The molecule has 0 spiro atoms. The van der Waals surface area contributed by atoms with Crippen molar-refractivity contribution in [3.8, 4) is 0 Å². The van der Waals surface area contributed by atoms with E-state index in [0.717, 1.165) is 12.1 Å². The van der Waals surface area contributed by atoms with Crippen LogP contribution in [0, 0.1) is 0 Å². The van der Waals surface area contributed by atoms with Crippen LogP contribution in [0.3, 0.4) is 0 Å². The van der Waals surface area contributed by atoms with Crippen LogP contribution in [0.15, 0.2) is 34.9 Å². The van der Waals surface area contributed by atoms with Gasteiger partial charge in [-0.2, -0.15) is 18.2 Å². The van der Waals surface area contributed by atoms with E-state index < -0.39 is 11.7 Å². The highest BCUT2D eigenvalue weighted by Crippen LogP contribution is 2.31. The fourth-order valence-electron chi connectivity index (χ4n) is 1.45. The Kier molecular flexibility index (Phi) is 4.12. The van der Waals surface area contributed by atoms with E-state index in [1.165, 1.54) is 12.1 Å². The quantitative estimate of drug-likeness (QED) is 0.880. The molecular formula is C12H10BrF3N4. The Morgan fingerprint density at radius 2 is 1.80 bits per heavy atom. The van der Waals surface area contributed by atoms with Crippen LogP contribution in [0.5, 0.6) is 0 Å². The molecule has 0 radical (unpaired) electrons. The largest absolute Gasteiger partial charge is 0.416 e. The van der Waals surface area contributed by atoms with Gasteiger partial charge in [0.1, 0.15) is 5.82 Å². The molecule has 4 nitrogen and oxygen atoms in total. The first kappa shape index (κ1) is 14.6. The number of aromatic nitrogens is 2. The second kappa shape index (κ2) is 5.66. The van der Waals surface area contributed by atoms with Crippen molar-refractivity contribution in [1.29, 1.82) is 0 Å². The lowest BCUT2D eigenvalue weighted by Gasteiger charge is -2.10. The van der Waals surface area contributed by atoms with E-state index in [1.807, 2.05) is 0 Å². The highest BCUT2D eigenvalue weighted by molar-refractivity contribution is 9.10. The molecule has 1 aromatic carbocycles. The zero-order valence-electron chi connectivity index (χ0n) is 10.3. The third-order valence-corrected chi connectivity index (χ3v) is 3.02. The highest BCUT2D eigenvalue weighted by atomic mass is 79.9. The monoisotopic (exact) mass is 346 g/mol. The van der Waals surface area contributed by atoms with Gasteiger partial charge in [0.2, 0.25) is 5.95 Å². The van der Waals surface area contributed by atoms with Gasteiger partial charge in [0.25, 0.3) is 0 Å². The van der Waals surface area contributed by atoms with Crippen molar-refractivity contribution in [3.05, 3.63) is 40.5 Å². The maximum Gasteiger partial charge on any atom is 0.416 e. The Morgan fingerprint density at radius 1 is 1.15 bits per heavy atom. The molecule has 2 aromatic rings. The van der Waals surface area contributed by atoms with Crippen LogP contribution >= 0.6 is 15.9 Å². The number of anilines is 3. The van der Waals surface area contributed by atoms with Crippen LogP contribution in [0.25, 0.3) is 0 Å². The van der Waals surface area contributed by atoms with E-state index in [0.29, 0.717) is 21.9 Å². The third-order valence-electron chi connectivity index (χ3n) is 2.44. The van der Waals surface area contributed by atoms with E-state index >= 15 is 0 Å². The van der Waals surface area contributed by atoms with Gasteiger partial charge in [0, 0.05) is 18.9 Å². The molecule has 2 rings (SSSR count). The third kappa shape index (κ3) is 3.38. The smallest absolute Gasteiger partial charge is 0.357 e. The van der Waals surface area contributed by atoms with Gasteiger partial charge in [-0.25, -0.2) is 4.98 Å². The second-order valence-corrected chi connectivity index (χ2v) is 4.69. The summed E-state index contributed by atoms with van der Waals surface area (Å²) in [5, 5.41) is 5.70. The molecule has 1 heterocycles. The predicted molar refractivity (Wildman–Crippen MR) is 74.0 cm³/mol. The minimum Gasteiger partial charge on any atom is -0.357 e. The van der Waals surface area contributed by atoms with E-state index in [1.54, 1.807) is 13.2 Å². The standard InChI is InChI=1S/C12H10BrF3N4/c1-17-11-18-6-9(13)10(20-11)19-8-4-2-7(3-5-8)12(14,15)16/h2-6H,1H3,(H2,17,18,19,20). The molecule has 0 fully saturated rings. The normalized spacial score (nSPS) is 11.2. The zero-order chi connectivity index (χ0) is 14.8. The van der Waals surface area contributed by atoms with Gasteiger partial charge in [0.05, 0.1) is 10.0 Å². The summed E-state index contributed by atoms with van der Waals surface area (Å²) in [5.74, 6) is 0.867. The number of alkyl halides is 3. The molecule has 0 saturated heterocycles. The van der Waals surface area contributed by atoms with Gasteiger partial charge in [-0.3, -0.25) is 0 Å². The van der Waals surface area contributed by atoms with Crippen LogP contribution in [-0.4, -0.2) is 17.0 Å². The van der Waals surface area contributed by atoms with E-state index in [4.69, 9.17) is 0 Å². The molecule has 0 unspecified atom stereocenters. The lowest BCUT2D eigenvalue weighted by Crippen LogP contribution is -2.05. The van der Waals surface area contributed by atoms with Crippen molar-refractivity contribution in [1.82, 2.24) is 9.97 Å². The predicted octanol–water partition coefficient (Wildman–Crippen LogP) is 4.04. The minimum atomic E-state index is -4.34. The van der Waals surface area contributed by atoms with Crippen LogP contribution < -0.4 is 10.6 Å². The second-order valence-electron chi connectivity index (χ2n) is 3.84. The van der Waals surface area contributed by atoms with Gasteiger partial charge < -0.3 is 10.6 Å². The summed E-state index contributed by atoms with van der Waals surface area (Å²) in [6, 6.07) is 4.71. The topological polar surface area (TPSA) is 49.8 Å². The SMILES string of the molecule is CNc1ncc(Br)c(Nc2ccc(C(F)(F)F)cc2)n1. The maximum absolute atomic E-state index is 12.5. The van der Waals surface area contributed by atoms with Gasteiger partial charge in [-0.1, -0.05) is 0 Å². The molecular weight excluding hydrogens is 337 g/mol. The Labute approximate surface area is 121 Å². The van der Waals surface area contributed by atoms with Crippen LogP contribution in [0.2, 0.25) is 0 Å². The molecule has 106 valence electrons. The van der Waals surface area contributed by atoms with E-state index in [-0.39, 0.29) is 0 Å². The Hall–Kier alpha value is -1.83. The number of nitrogens with one attached hydrogen (secondary N) is 2. The lowest BCUT2D eigenvalue weighted by atomic mass is 10.2. The molecule has 8 heteroatoms. The van der Waals surface area contributed by atoms with Crippen LogP contribution in [0.1, 0.15) is 5.56 Å². The average molecular weight is 347 g/mol. The number of nitrogens with zero attached hydrogens (tertiary/aromatic N) is 2. The molecule has 0 amide bonds. The molecule has 0 aliphatic carbocycles. The summed E-state index contributed by atoms with van der Waals surface area (Å²) in [6.45, 7) is 0. The minimum absolute atomic E-state index is 0.405. The van der Waals surface area contributed by atoms with Crippen molar-refractivity contribution in [2.45, 2.75) is 6.18 Å². The molecule has 0 bridgehead atoms. The van der Waals surface area contributed by atoms with Gasteiger partial charge >= 0.3 is 6.18 Å². The first-order chi connectivity index (χ1) is 9.40. The summed E-state index contributed by atoms with van der Waals surface area (Å²) in [4.78, 5) is 8.14. The molecule has 1 aromatic heterocycles. The van der Waals surface area contributed by atoms with Gasteiger partial charge in [-0.05, 0) is 40.2 Å².